The van der Waals surface area contributed by atoms with Gasteiger partial charge in [-0.2, -0.15) is 0 Å². The number of amides is 3. The van der Waals surface area contributed by atoms with E-state index in [0.29, 0.717) is 10.6 Å². The highest BCUT2D eigenvalue weighted by molar-refractivity contribution is 6.48. The second kappa shape index (κ2) is 6.69. The van der Waals surface area contributed by atoms with Gasteiger partial charge in [0.25, 0.3) is 0 Å². The Kier molecular flexibility index (Phi) is 4.70. The highest BCUT2D eigenvalue weighted by Gasteiger charge is 2.27. The fraction of sp³-hybridized carbons (Fsp3) is 0.0625. The van der Waals surface area contributed by atoms with Crippen LogP contribution in [0.25, 0.3) is 0 Å². The second-order valence-corrected chi connectivity index (χ2v) is 4.69. The van der Waals surface area contributed by atoms with Crippen LogP contribution >= 0.6 is 0 Å². The van der Waals surface area contributed by atoms with Crippen molar-refractivity contribution in [3.05, 3.63) is 54.3 Å². The second-order valence-electron chi connectivity index (χ2n) is 4.69. The molecule has 2 rings (SSSR count). The lowest BCUT2D eigenvalue weighted by molar-refractivity contribution is -0.136. The normalized spacial score (nSPS) is 10.0. The van der Waals surface area contributed by atoms with Gasteiger partial charge >= 0.3 is 11.8 Å². The number of benzene rings is 2. The number of halogens is 1. The number of nitrogens with zero attached hydrogens (tertiary/aromatic N) is 1. The number of carbonyl (C=O) groups excluding carboxylic acids is 3. The van der Waals surface area contributed by atoms with Gasteiger partial charge in [-0.1, -0.05) is 12.1 Å². The highest BCUT2D eigenvalue weighted by Crippen LogP contribution is 2.18. The van der Waals surface area contributed by atoms with Crippen molar-refractivity contribution in [2.45, 2.75) is 6.92 Å². The minimum Gasteiger partial charge on any atom is -0.399 e. The molecule has 7 heteroatoms. The lowest BCUT2D eigenvalue weighted by atomic mass is 10.2. The van der Waals surface area contributed by atoms with Gasteiger partial charge in [0.15, 0.2) is 0 Å². The predicted octanol–water partition coefficient (Wildman–Crippen LogP) is 1.93. The van der Waals surface area contributed by atoms with E-state index in [0.717, 1.165) is 13.0 Å². The van der Waals surface area contributed by atoms with Gasteiger partial charge in [-0.05, 0) is 36.4 Å². The molecule has 0 heterocycles. The van der Waals surface area contributed by atoms with E-state index in [2.05, 4.69) is 5.32 Å². The van der Waals surface area contributed by atoms with Gasteiger partial charge in [0.2, 0.25) is 5.91 Å². The van der Waals surface area contributed by atoms with Gasteiger partial charge in [0.05, 0.1) is 11.4 Å². The molecule has 0 aliphatic carbocycles. The van der Waals surface area contributed by atoms with Crippen LogP contribution in [0.15, 0.2) is 48.5 Å². The number of nitrogens with two attached hydrogens (primary N) is 1. The van der Waals surface area contributed by atoms with Crippen molar-refractivity contribution in [1.29, 1.82) is 0 Å². The Bertz CT molecular complexity index is 759. The van der Waals surface area contributed by atoms with Crippen molar-refractivity contribution in [3.8, 4) is 0 Å². The Balaban J connectivity index is 2.24. The molecule has 0 aliphatic rings. The van der Waals surface area contributed by atoms with Crippen LogP contribution in [0, 0.1) is 5.82 Å². The molecule has 3 N–H and O–H groups in total. The summed E-state index contributed by atoms with van der Waals surface area (Å²) in [7, 11) is 0. The quantitative estimate of drug-likeness (QED) is 0.654. The molecule has 0 bridgehead atoms. The molecule has 118 valence electrons. The molecule has 3 amide bonds. The van der Waals surface area contributed by atoms with Gasteiger partial charge < -0.3 is 11.1 Å². The Labute approximate surface area is 131 Å². The van der Waals surface area contributed by atoms with E-state index in [1.807, 2.05) is 0 Å². The summed E-state index contributed by atoms with van der Waals surface area (Å²) in [6.07, 6.45) is 0. The van der Waals surface area contributed by atoms with Gasteiger partial charge in [-0.15, -0.1) is 0 Å². The van der Waals surface area contributed by atoms with Gasteiger partial charge in [0, 0.05) is 12.6 Å². The Morgan fingerprint density at radius 3 is 2.22 bits per heavy atom. The van der Waals surface area contributed by atoms with E-state index in [1.165, 1.54) is 42.5 Å². The maximum atomic E-state index is 13.5. The molecule has 0 spiro atoms. The monoisotopic (exact) mass is 315 g/mol. The highest BCUT2D eigenvalue weighted by atomic mass is 19.1. The summed E-state index contributed by atoms with van der Waals surface area (Å²) < 4.78 is 13.5. The average molecular weight is 315 g/mol. The zero-order chi connectivity index (χ0) is 17.0. The van der Waals surface area contributed by atoms with Crippen molar-refractivity contribution >= 4 is 34.8 Å². The summed E-state index contributed by atoms with van der Waals surface area (Å²) in [5.41, 5.74) is 6.04. The smallest absolute Gasteiger partial charge is 0.323 e. The fourth-order valence-corrected chi connectivity index (χ4v) is 1.91. The maximum absolute atomic E-state index is 13.5. The zero-order valence-corrected chi connectivity index (χ0v) is 12.2. The third-order valence-electron chi connectivity index (χ3n) is 2.99. The van der Waals surface area contributed by atoms with E-state index in [9.17, 15) is 18.8 Å². The molecule has 0 atom stereocenters. The number of hydrogen-bond acceptors (Lipinski definition) is 4. The first-order valence-electron chi connectivity index (χ1n) is 6.66. The molecular weight excluding hydrogens is 301 g/mol. The molecule has 0 radical (unpaired) electrons. The number of rotatable bonds is 2. The Hall–Kier alpha value is -3.22. The largest absolute Gasteiger partial charge is 0.399 e. The number of hydrogen-bond donors (Lipinski definition) is 2. The van der Waals surface area contributed by atoms with Crippen molar-refractivity contribution < 1.29 is 18.8 Å². The number of carbonyl (C=O) groups is 3. The van der Waals surface area contributed by atoms with Crippen LogP contribution in [0.3, 0.4) is 0 Å². The van der Waals surface area contributed by atoms with Crippen LogP contribution in [0.2, 0.25) is 0 Å². The molecule has 0 fully saturated rings. The molecule has 23 heavy (non-hydrogen) atoms. The van der Waals surface area contributed by atoms with Crippen LogP contribution in [-0.4, -0.2) is 17.7 Å². The van der Waals surface area contributed by atoms with E-state index < -0.39 is 23.5 Å². The number of nitrogen functional groups attached to an aromatic ring is 1. The topological polar surface area (TPSA) is 92.5 Å². The first kappa shape index (κ1) is 16.2. The minimum absolute atomic E-state index is 0.147. The first-order chi connectivity index (χ1) is 10.9. The van der Waals surface area contributed by atoms with Crippen molar-refractivity contribution in [3.63, 3.8) is 0 Å². The van der Waals surface area contributed by atoms with Crippen molar-refractivity contribution in [2.75, 3.05) is 16.0 Å². The third kappa shape index (κ3) is 3.70. The number of nitrogens with one attached hydrogen (secondary N) is 1. The van der Waals surface area contributed by atoms with E-state index in [4.69, 9.17) is 5.73 Å². The summed E-state index contributed by atoms with van der Waals surface area (Å²) in [4.78, 5) is 36.6. The Morgan fingerprint density at radius 2 is 1.65 bits per heavy atom. The van der Waals surface area contributed by atoms with Crippen LogP contribution in [0.5, 0.6) is 0 Å². The summed E-state index contributed by atoms with van der Waals surface area (Å²) >= 11 is 0. The molecule has 0 unspecified atom stereocenters. The maximum Gasteiger partial charge on any atom is 0.323 e. The van der Waals surface area contributed by atoms with E-state index in [-0.39, 0.29) is 11.4 Å². The van der Waals surface area contributed by atoms with Gasteiger partial charge in [-0.3, -0.25) is 14.4 Å². The SMILES string of the molecule is CC(=O)N(C(=O)C(=O)Nc1ccccc1F)c1ccc(N)cc1. The Morgan fingerprint density at radius 1 is 1.04 bits per heavy atom. The number of anilines is 3. The molecule has 0 saturated carbocycles. The van der Waals surface area contributed by atoms with Crippen LogP contribution in [-0.2, 0) is 14.4 Å². The van der Waals surface area contributed by atoms with Crippen molar-refractivity contribution in [2.24, 2.45) is 0 Å². The third-order valence-corrected chi connectivity index (χ3v) is 2.99. The lowest BCUT2D eigenvalue weighted by Crippen LogP contribution is -2.42. The average Bonchev–Trinajstić information content (AvgIpc) is 2.51. The van der Waals surface area contributed by atoms with E-state index >= 15 is 0 Å². The van der Waals surface area contributed by atoms with Crippen LogP contribution in [0.1, 0.15) is 6.92 Å². The van der Waals surface area contributed by atoms with Gasteiger partial charge in [0.1, 0.15) is 5.82 Å². The summed E-state index contributed by atoms with van der Waals surface area (Å²) in [6, 6.07) is 11.3. The fourth-order valence-electron chi connectivity index (χ4n) is 1.91. The summed E-state index contributed by atoms with van der Waals surface area (Å²) in [5, 5.41) is 2.14. The standard InChI is InChI=1S/C16H14FN3O3/c1-10(21)20(12-8-6-11(18)7-9-12)16(23)15(22)19-14-5-3-2-4-13(14)17/h2-9H,18H2,1H3,(H,19,22). The molecular formula is C16H14FN3O3. The predicted molar refractivity (Wildman–Crippen MR) is 84.1 cm³/mol. The summed E-state index contributed by atoms with van der Waals surface area (Å²) in [6.45, 7) is 1.14. The zero-order valence-electron chi connectivity index (χ0n) is 12.2. The molecule has 2 aromatic rings. The van der Waals surface area contributed by atoms with Crippen molar-refractivity contribution in [1.82, 2.24) is 0 Å². The first-order valence-corrected chi connectivity index (χ1v) is 6.66. The number of para-hydroxylation sites is 1. The molecule has 0 aromatic heterocycles. The molecule has 2 aromatic carbocycles. The molecule has 6 nitrogen and oxygen atoms in total. The summed E-state index contributed by atoms with van der Waals surface area (Å²) in [5.74, 6) is -3.58. The van der Waals surface area contributed by atoms with Crippen LogP contribution < -0.4 is 16.0 Å². The van der Waals surface area contributed by atoms with E-state index in [1.54, 1.807) is 0 Å². The molecule has 0 saturated heterocycles. The minimum atomic E-state index is -1.12. The number of imide groups is 1. The van der Waals surface area contributed by atoms with Crippen LogP contribution in [0.4, 0.5) is 21.5 Å². The van der Waals surface area contributed by atoms with Gasteiger partial charge in [-0.25, -0.2) is 9.29 Å². The molecule has 0 aliphatic heterocycles. The lowest BCUT2D eigenvalue weighted by Gasteiger charge is -2.18.